The summed E-state index contributed by atoms with van der Waals surface area (Å²) in [5, 5.41) is 0. The molecule has 147 valence electrons. The quantitative estimate of drug-likeness (QED) is 0.301. The Labute approximate surface area is 217 Å². The predicted molar refractivity (Wildman–Crippen MR) is 183 cm³/mol. The standard InChI is InChI=1S/BS24/c1-3-5-7-9-11-13-15-17-19-21-23-25-24-22-20-18-16-14-12-10-8-6-4-2. The summed E-state index contributed by atoms with van der Waals surface area (Å²) in [5.74, 6) is 0. The van der Waals surface area contributed by atoms with E-state index in [4.69, 9.17) is 17.9 Å². The first kappa shape index (κ1) is 30.3. The van der Waals surface area contributed by atoms with Crippen molar-refractivity contribution in [1.82, 2.24) is 0 Å². The predicted octanol–water partition coefficient (Wildman–Crippen LogP) is -0.438. The molecular weight excluding hydrogens is 780 g/mol. The van der Waals surface area contributed by atoms with Crippen molar-refractivity contribution in [3.05, 3.63) is 0 Å². The van der Waals surface area contributed by atoms with Crippen molar-refractivity contribution >= 4 is 223 Å². The van der Waals surface area contributed by atoms with Crippen molar-refractivity contribution in [3.8, 4) is 0 Å². The van der Waals surface area contributed by atoms with Gasteiger partial charge in [-0.3, -0.25) is 0 Å². The summed E-state index contributed by atoms with van der Waals surface area (Å²) in [6.07, 6.45) is 0. The first-order chi connectivity index (χ1) is 12.4. The summed E-state index contributed by atoms with van der Waals surface area (Å²) in [4.78, 5) is 0. The molecule has 0 saturated carbocycles. The van der Waals surface area contributed by atoms with Crippen molar-refractivity contribution in [1.29, 1.82) is 0 Å². The van der Waals surface area contributed by atoms with Crippen LogP contribution in [-0.2, 0) is 216 Å². The smallest absolute Gasteiger partial charge is 0 e. The summed E-state index contributed by atoms with van der Waals surface area (Å²) < 4.78 is 0. The van der Waals surface area contributed by atoms with Gasteiger partial charge in [0.2, 0.25) is 0 Å². The zero-order valence-corrected chi connectivity index (χ0v) is 30.0. The summed E-state index contributed by atoms with van der Waals surface area (Å²) in [6, 6.07) is 0. The molecule has 0 rings (SSSR count). The van der Waals surface area contributed by atoms with Gasteiger partial charge in [-0.2, -0.15) is 0 Å². The molecule has 0 aliphatic rings. The fraction of sp³-hybridized carbons (Fsp3) is 0. The Balaban J connectivity index is 5.88. The van der Waals surface area contributed by atoms with Crippen LogP contribution >= 0.6 is 0 Å². The van der Waals surface area contributed by atoms with Crippen LogP contribution in [0.3, 0.4) is 0 Å². The first-order valence-electron chi connectivity index (χ1n) is 4.07. The second-order valence-corrected chi connectivity index (χ2v) is 41.3. The van der Waals surface area contributed by atoms with Crippen LogP contribution in [0.1, 0.15) is 0 Å². The molecule has 25 heavy (non-hydrogen) atoms. The van der Waals surface area contributed by atoms with Crippen LogP contribution in [0.2, 0.25) is 0 Å². The van der Waals surface area contributed by atoms with Crippen LogP contribution in [0.5, 0.6) is 0 Å². The van der Waals surface area contributed by atoms with Gasteiger partial charge < -0.3 is 0 Å². The molecule has 0 unspecified atom stereocenters. The van der Waals surface area contributed by atoms with Crippen LogP contribution in [0.15, 0.2) is 0 Å². The molecule has 0 saturated heterocycles. The molecule has 0 nitrogen and oxygen atoms in total. The molecule has 0 aliphatic heterocycles. The topological polar surface area (TPSA) is 0 Å². The third-order valence-electron chi connectivity index (χ3n) is 0.623. The number of rotatable bonds is 0. The molecule has 0 N–H and O–H groups in total. The fourth-order valence-electron chi connectivity index (χ4n) is 0.243. The van der Waals surface area contributed by atoms with Gasteiger partial charge in [0.25, 0.3) is 0 Å². The minimum atomic E-state index is 1.29. The van der Waals surface area contributed by atoms with Crippen molar-refractivity contribution in [3.63, 3.8) is 0 Å². The van der Waals surface area contributed by atoms with E-state index in [-0.39, 0.29) is 0 Å². The fourth-order valence-corrected chi connectivity index (χ4v) is 56.4. The molecule has 0 heterocycles. The van der Waals surface area contributed by atoms with Gasteiger partial charge in [0.15, 0.2) is 0 Å². The zero-order valence-electron chi connectivity index (χ0n) is 10.4. The Hall–Kier alpha value is 5.34. The van der Waals surface area contributed by atoms with Crippen molar-refractivity contribution in [2.45, 2.75) is 0 Å². The van der Waals surface area contributed by atoms with E-state index in [0.29, 0.717) is 0 Å². The van der Waals surface area contributed by atoms with Gasteiger partial charge >= 0.3 is 114 Å². The van der Waals surface area contributed by atoms with Gasteiger partial charge in [-0.25, -0.2) is 0 Å². The molecule has 0 spiro atoms. The number of hydrogen-bond acceptors (Lipinski definition) is 1. The average Bonchev–Trinajstić information content (AvgIpc) is 2.63. The van der Waals surface area contributed by atoms with Crippen LogP contribution in [0.4, 0.5) is 0 Å². The first-order valence-corrected chi connectivity index (χ1v) is 35.2. The zero-order chi connectivity index (χ0) is 18.3. The maximum atomic E-state index is 5.31. The molecule has 1 radical (unpaired) electrons. The van der Waals surface area contributed by atoms with Gasteiger partial charge in [0, 0.05) is 109 Å². The Morgan fingerprint density at radius 1 is 0.320 bits per heavy atom. The summed E-state index contributed by atoms with van der Waals surface area (Å²) in [7, 11) is 39.8. The van der Waals surface area contributed by atoms with E-state index in [0.717, 1.165) is 0 Å². The second-order valence-electron chi connectivity index (χ2n) is 1.59. The van der Waals surface area contributed by atoms with E-state index < -0.39 is 0 Å². The van der Waals surface area contributed by atoms with E-state index in [9.17, 15) is 0 Å². The Bertz CT molecular complexity index is 1300. The van der Waals surface area contributed by atoms with Gasteiger partial charge in [-0.05, 0) is 0 Å². The summed E-state index contributed by atoms with van der Waals surface area (Å²) in [6.45, 7) is 5.31. The molecule has 0 aliphatic carbocycles. The Morgan fingerprint density at radius 3 is 0.720 bits per heavy atom. The molecule has 25 heteroatoms. The molecule has 0 aromatic rings. The van der Waals surface area contributed by atoms with Gasteiger partial charge in [0.05, 0.1) is 0 Å². The number of hydrogen-bond donors (Lipinski definition) is 0. The van der Waals surface area contributed by atoms with Crippen LogP contribution in [0.25, 0.3) is 0 Å². The molecular formula is BS24. The molecule has 0 aromatic carbocycles. The van der Waals surface area contributed by atoms with E-state index in [1.807, 2.05) is 44.4 Å². The van der Waals surface area contributed by atoms with E-state index in [1.165, 1.54) is 18.6 Å². The molecule has 0 atom stereocenters. The van der Waals surface area contributed by atoms with Crippen LogP contribution in [-0.4, -0.2) is 6.72 Å². The van der Waals surface area contributed by atoms with E-state index in [2.05, 4.69) is 0 Å². The second kappa shape index (κ2) is 29.3. The van der Waals surface area contributed by atoms with E-state index >= 15 is 0 Å². The Morgan fingerprint density at radius 2 is 0.520 bits per heavy atom. The summed E-state index contributed by atoms with van der Waals surface area (Å²) >= 11 is 4.77. The van der Waals surface area contributed by atoms with Gasteiger partial charge in [0.1, 0.15) is 0 Å². The summed E-state index contributed by atoms with van der Waals surface area (Å²) in [5.41, 5.74) is 0. The molecule has 0 aromatic heterocycles. The minimum Gasteiger partial charge on any atom is 0 e. The molecule has 0 fully saturated rings. The SMILES string of the molecule is [B]=S=S=S=S=S=S=S=S=S=S=S=S=S=S=S=S=S=S=S=S=S=S=S=S. The van der Waals surface area contributed by atoms with Gasteiger partial charge in [-0.15, -0.1) is 0 Å². The molecule has 0 bridgehead atoms. The maximum absolute atomic E-state index is 5.31. The van der Waals surface area contributed by atoms with Crippen molar-refractivity contribution in [2.75, 3.05) is 0 Å². The van der Waals surface area contributed by atoms with E-state index in [1.54, 1.807) is 142 Å². The third-order valence-corrected chi connectivity index (χ3v) is 48.3. The average molecular weight is 780 g/mol. The monoisotopic (exact) mass is 778 g/mol. The van der Waals surface area contributed by atoms with Gasteiger partial charge in [-0.1, -0.05) is 0 Å². The Kier molecular flexibility index (Phi) is 35.6. The van der Waals surface area contributed by atoms with Crippen molar-refractivity contribution in [2.24, 2.45) is 0 Å². The van der Waals surface area contributed by atoms with Crippen LogP contribution in [0, 0.1) is 0 Å². The van der Waals surface area contributed by atoms with Crippen molar-refractivity contribution < 1.29 is 0 Å². The molecule has 0 amide bonds. The normalized spacial score (nSPS) is 7.48. The van der Waals surface area contributed by atoms with Crippen LogP contribution < -0.4 is 0 Å². The third kappa shape index (κ3) is 29.3. The minimum absolute atomic E-state index is 1.29.